The number of benzene rings is 4. The maximum atomic E-state index is 14.8. The molecule has 4 aromatic rings. The molecule has 0 radical (unpaired) electrons. The van der Waals surface area contributed by atoms with E-state index in [0.29, 0.717) is 41.9 Å². The van der Waals surface area contributed by atoms with Gasteiger partial charge >= 0.3 is 0 Å². The van der Waals surface area contributed by atoms with E-state index in [1.165, 1.54) is 18.9 Å². The molecule has 0 fully saturated rings. The Hall–Kier alpha value is -3.53. The fourth-order valence-electron chi connectivity index (χ4n) is 4.41. The quantitative estimate of drug-likeness (QED) is 0.186. The van der Waals surface area contributed by atoms with E-state index in [4.69, 9.17) is 4.74 Å². The average Bonchev–Trinajstić information content (AvgIpc) is 2.91. The van der Waals surface area contributed by atoms with Crippen LogP contribution < -0.4 is 4.74 Å². The summed E-state index contributed by atoms with van der Waals surface area (Å²) in [6, 6.07) is 23.1. The lowest BCUT2D eigenvalue weighted by atomic mass is 9.97. The molecule has 0 unspecified atom stereocenters. The number of aryl methyl sites for hydroxylation is 3. The summed E-state index contributed by atoms with van der Waals surface area (Å²) < 4.78 is 50.0. The number of unbranched alkanes of at least 4 members (excludes halogenated alkanes) is 3. The van der Waals surface area contributed by atoms with Crippen LogP contribution in [0.15, 0.2) is 78.9 Å². The third kappa shape index (κ3) is 6.82. The molecule has 1 nitrogen and oxygen atoms in total. The predicted molar refractivity (Wildman–Crippen MR) is 145 cm³/mol. The molecule has 0 saturated heterocycles. The molecule has 4 aromatic carbocycles. The number of hydrogen-bond acceptors (Lipinski definition) is 1. The molecule has 0 atom stereocenters. The Bertz CT molecular complexity index is 1310. The van der Waals surface area contributed by atoms with E-state index in [-0.39, 0.29) is 11.4 Å². The van der Waals surface area contributed by atoms with Crippen molar-refractivity contribution in [1.82, 2.24) is 0 Å². The Labute approximate surface area is 217 Å². The molecule has 0 bridgehead atoms. The summed E-state index contributed by atoms with van der Waals surface area (Å²) in [5.41, 5.74) is 4.56. The molecule has 4 heteroatoms. The zero-order valence-electron chi connectivity index (χ0n) is 21.5. The lowest BCUT2D eigenvalue weighted by Gasteiger charge is -2.11. The van der Waals surface area contributed by atoms with Crippen molar-refractivity contribution < 1.29 is 17.9 Å². The molecule has 0 amide bonds. The summed E-state index contributed by atoms with van der Waals surface area (Å²) >= 11 is 0. The molecule has 192 valence electrons. The van der Waals surface area contributed by atoms with Crippen LogP contribution in [-0.2, 0) is 12.8 Å². The van der Waals surface area contributed by atoms with Crippen molar-refractivity contribution in [3.8, 4) is 28.0 Å². The second-order valence-corrected chi connectivity index (χ2v) is 9.51. The van der Waals surface area contributed by atoms with Gasteiger partial charge in [0.25, 0.3) is 0 Å². The van der Waals surface area contributed by atoms with Crippen molar-refractivity contribution >= 4 is 0 Å². The standard InChI is InChI=1S/C33H33F3O/c1-3-4-5-6-21-37-28-18-20-29(31(34)22-28)25-14-9-24(10-15-25)11-16-27-17-19-30(33(36)32(27)35)26-12-7-23(2)8-13-26/h7-10,12-15,17-20,22H,3-6,11,16,21H2,1-2H3. The Kier molecular flexibility index (Phi) is 9.05. The molecular formula is C33H33F3O. The smallest absolute Gasteiger partial charge is 0.166 e. The first-order valence-corrected chi connectivity index (χ1v) is 13.0. The van der Waals surface area contributed by atoms with Gasteiger partial charge in [0.2, 0.25) is 0 Å². The Morgan fingerprint density at radius 1 is 0.649 bits per heavy atom. The second-order valence-electron chi connectivity index (χ2n) is 9.51. The van der Waals surface area contributed by atoms with E-state index in [2.05, 4.69) is 6.92 Å². The Morgan fingerprint density at radius 3 is 2.03 bits per heavy atom. The normalized spacial score (nSPS) is 11.1. The number of hydrogen-bond donors (Lipinski definition) is 0. The highest BCUT2D eigenvalue weighted by Crippen LogP contribution is 2.29. The van der Waals surface area contributed by atoms with Crippen molar-refractivity contribution in [2.24, 2.45) is 0 Å². The van der Waals surface area contributed by atoms with Crippen LogP contribution in [0.5, 0.6) is 5.75 Å². The molecule has 4 rings (SSSR count). The molecule has 0 heterocycles. The van der Waals surface area contributed by atoms with E-state index >= 15 is 0 Å². The molecule has 0 saturated carbocycles. The molecule has 37 heavy (non-hydrogen) atoms. The first-order valence-electron chi connectivity index (χ1n) is 13.0. The van der Waals surface area contributed by atoms with Crippen molar-refractivity contribution in [3.63, 3.8) is 0 Å². The molecule has 0 aliphatic heterocycles. The topological polar surface area (TPSA) is 9.23 Å². The highest BCUT2D eigenvalue weighted by Gasteiger charge is 2.15. The van der Waals surface area contributed by atoms with Crippen LogP contribution in [-0.4, -0.2) is 6.61 Å². The van der Waals surface area contributed by atoms with E-state index in [1.54, 1.807) is 36.4 Å². The fourth-order valence-corrected chi connectivity index (χ4v) is 4.41. The highest BCUT2D eigenvalue weighted by molar-refractivity contribution is 5.66. The van der Waals surface area contributed by atoms with Crippen LogP contribution in [0, 0.1) is 24.4 Å². The van der Waals surface area contributed by atoms with Crippen molar-refractivity contribution in [2.45, 2.75) is 52.4 Å². The number of ether oxygens (including phenoxy) is 1. The van der Waals surface area contributed by atoms with Crippen molar-refractivity contribution in [2.75, 3.05) is 6.61 Å². The molecule has 0 N–H and O–H groups in total. The van der Waals surface area contributed by atoms with Gasteiger partial charge in [0, 0.05) is 17.2 Å². The minimum Gasteiger partial charge on any atom is -0.493 e. The van der Waals surface area contributed by atoms with Gasteiger partial charge in [-0.25, -0.2) is 13.2 Å². The van der Waals surface area contributed by atoms with Crippen LogP contribution >= 0.6 is 0 Å². The van der Waals surface area contributed by atoms with Crippen LogP contribution in [0.4, 0.5) is 13.2 Å². The van der Waals surface area contributed by atoms with Crippen molar-refractivity contribution in [1.29, 1.82) is 0 Å². The Balaban J connectivity index is 1.37. The van der Waals surface area contributed by atoms with E-state index in [1.807, 2.05) is 43.3 Å². The van der Waals surface area contributed by atoms with Crippen LogP contribution in [0.3, 0.4) is 0 Å². The van der Waals surface area contributed by atoms with Gasteiger partial charge in [-0.1, -0.05) is 92.4 Å². The molecular weight excluding hydrogens is 469 g/mol. The minimum absolute atomic E-state index is 0.264. The molecule has 0 aliphatic rings. The maximum absolute atomic E-state index is 14.8. The van der Waals surface area contributed by atoms with Gasteiger partial charge in [-0.2, -0.15) is 0 Å². The molecule has 0 aliphatic carbocycles. The van der Waals surface area contributed by atoms with Gasteiger partial charge in [0.15, 0.2) is 11.6 Å². The number of halogens is 3. The molecule has 0 spiro atoms. The zero-order valence-corrected chi connectivity index (χ0v) is 21.5. The summed E-state index contributed by atoms with van der Waals surface area (Å²) in [5, 5.41) is 0. The van der Waals surface area contributed by atoms with Gasteiger partial charge in [-0.3, -0.25) is 0 Å². The van der Waals surface area contributed by atoms with Crippen LogP contribution in [0.2, 0.25) is 0 Å². The largest absolute Gasteiger partial charge is 0.493 e. The third-order valence-electron chi connectivity index (χ3n) is 6.68. The first-order chi connectivity index (χ1) is 18.0. The maximum Gasteiger partial charge on any atom is 0.166 e. The summed E-state index contributed by atoms with van der Waals surface area (Å²) in [4.78, 5) is 0. The van der Waals surface area contributed by atoms with Gasteiger partial charge in [-0.15, -0.1) is 0 Å². The summed E-state index contributed by atoms with van der Waals surface area (Å²) in [6.45, 7) is 4.70. The van der Waals surface area contributed by atoms with Gasteiger partial charge in [0.1, 0.15) is 11.6 Å². The lowest BCUT2D eigenvalue weighted by molar-refractivity contribution is 0.303. The summed E-state index contributed by atoms with van der Waals surface area (Å²) in [7, 11) is 0. The highest BCUT2D eigenvalue weighted by atomic mass is 19.2. The fraction of sp³-hybridized carbons (Fsp3) is 0.273. The lowest BCUT2D eigenvalue weighted by Crippen LogP contribution is -2.00. The predicted octanol–water partition coefficient (Wildman–Crippen LogP) is 9.49. The number of rotatable bonds is 11. The summed E-state index contributed by atoms with van der Waals surface area (Å²) in [6.07, 6.45) is 5.34. The second kappa shape index (κ2) is 12.6. The van der Waals surface area contributed by atoms with Gasteiger partial charge in [0.05, 0.1) is 6.61 Å². The van der Waals surface area contributed by atoms with Gasteiger partial charge in [-0.05, 0) is 60.6 Å². The SMILES string of the molecule is CCCCCCOc1ccc(-c2ccc(CCc3ccc(-c4ccc(C)cc4)c(F)c3F)cc2)c(F)c1. The monoisotopic (exact) mass is 502 g/mol. The Morgan fingerprint density at radius 2 is 1.32 bits per heavy atom. The van der Waals surface area contributed by atoms with Crippen LogP contribution in [0.25, 0.3) is 22.3 Å². The van der Waals surface area contributed by atoms with Gasteiger partial charge < -0.3 is 4.74 Å². The third-order valence-corrected chi connectivity index (χ3v) is 6.68. The van der Waals surface area contributed by atoms with E-state index in [0.717, 1.165) is 29.5 Å². The first kappa shape index (κ1) is 26.5. The van der Waals surface area contributed by atoms with Crippen molar-refractivity contribution in [3.05, 3.63) is 113 Å². The average molecular weight is 503 g/mol. The zero-order chi connectivity index (χ0) is 26.2. The summed E-state index contributed by atoms with van der Waals surface area (Å²) in [5.74, 6) is -1.41. The van der Waals surface area contributed by atoms with Crippen LogP contribution in [0.1, 0.15) is 49.3 Å². The van der Waals surface area contributed by atoms with E-state index < -0.39 is 11.6 Å². The minimum atomic E-state index is -0.819. The molecule has 0 aromatic heterocycles. The van der Waals surface area contributed by atoms with E-state index in [9.17, 15) is 13.2 Å².